The number of carbonyl (C=O) groups is 1. The van der Waals surface area contributed by atoms with Crippen LogP contribution in [0.2, 0.25) is 0 Å². The molecule has 2 aromatic rings. The average Bonchev–Trinajstić information content (AvgIpc) is 3.21. The standard InChI is InChI=1S/C25H28F2N6O/c1-2-13-29-22-20(17-31-24(33-22)32-21-9-7-18(16-28)8-10-21)6-4-3-5-14-30-23(34)19-11-12-25(26,27)15-19/h7-10,17,19H,2-3,5,11-15H2,1H3,(H,30,34)(H2,29,31,32,33)/t19-/m0/s1. The third kappa shape index (κ3) is 7.41. The van der Waals surface area contributed by atoms with Crippen LogP contribution in [-0.4, -0.2) is 34.9 Å². The molecule has 1 heterocycles. The molecule has 0 radical (unpaired) electrons. The lowest BCUT2D eigenvalue weighted by molar-refractivity contribution is -0.125. The summed E-state index contributed by atoms with van der Waals surface area (Å²) >= 11 is 0. The Morgan fingerprint density at radius 3 is 2.74 bits per heavy atom. The zero-order valence-corrected chi connectivity index (χ0v) is 19.1. The minimum atomic E-state index is -2.72. The van der Waals surface area contributed by atoms with Crippen molar-refractivity contribution in [2.75, 3.05) is 23.7 Å². The van der Waals surface area contributed by atoms with Crippen molar-refractivity contribution in [3.8, 4) is 17.9 Å². The van der Waals surface area contributed by atoms with E-state index in [-0.39, 0.29) is 25.2 Å². The highest BCUT2D eigenvalue weighted by Crippen LogP contribution is 2.38. The van der Waals surface area contributed by atoms with Gasteiger partial charge in [0.05, 0.1) is 23.4 Å². The van der Waals surface area contributed by atoms with E-state index in [2.05, 4.69) is 50.8 Å². The Kier molecular flexibility index (Phi) is 8.75. The number of rotatable bonds is 9. The van der Waals surface area contributed by atoms with E-state index in [9.17, 15) is 13.6 Å². The van der Waals surface area contributed by atoms with Crippen LogP contribution in [0.5, 0.6) is 0 Å². The molecule has 0 aliphatic heterocycles. The number of aromatic nitrogens is 2. The van der Waals surface area contributed by atoms with Crippen LogP contribution in [-0.2, 0) is 4.79 Å². The van der Waals surface area contributed by atoms with Crippen molar-refractivity contribution in [1.29, 1.82) is 5.26 Å². The second-order valence-electron chi connectivity index (χ2n) is 8.19. The SMILES string of the molecule is CCCNc1nc(Nc2ccc(C#N)cc2)ncc1C#CCCCNC(=O)[C@H]1CCC(F)(F)C1. The van der Waals surface area contributed by atoms with E-state index >= 15 is 0 Å². The van der Waals surface area contributed by atoms with Crippen LogP contribution >= 0.6 is 0 Å². The Balaban J connectivity index is 1.53. The van der Waals surface area contributed by atoms with Crippen LogP contribution in [0.15, 0.2) is 30.5 Å². The largest absolute Gasteiger partial charge is 0.369 e. The topological polar surface area (TPSA) is 103 Å². The smallest absolute Gasteiger partial charge is 0.248 e. The lowest BCUT2D eigenvalue weighted by atomic mass is 10.1. The van der Waals surface area contributed by atoms with Crippen molar-refractivity contribution < 1.29 is 13.6 Å². The van der Waals surface area contributed by atoms with Gasteiger partial charge in [-0.2, -0.15) is 10.2 Å². The van der Waals surface area contributed by atoms with Gasteiger partial charge in [0.15, 0.2) is 0 Å². The van der Waals surface area contributed by atoms with E-state index in [1.807, 2.05) is 0 Å². The molecule has 1 aromatic carbocycles. The van der Waals surface area contributed by atoms with Crippen LogP contribution in [0, 0.1) is 29.1 Å². The monoisotopic (exact) mass is 466 g/mol. The molecule has 1 aliphatic carbocycles. The first-order valence-corrected chi connectivity index (χ1v) is 11.4. The van der Waals surface area contributed by atoms with E-state index in [0.29, 0.717) is 42.3 Å². The van der Waals surface area contributed by atoms with Gasteiger partial charge in [-0.25, -0.2) is 13.8 Å². The molecule has 9 heteroatoms. The van der Waals surface area contributed by atoms with Gasteiger partial charge >= 0.3 is 0 Å². The summed E-state index contributed by atoms with van der Waals surface area (Å²) in [4.78, 5) is 20.9. The van der Waals surface area contributed by atoms with Crippen molar-refractivity contribution in [2.45, 2.75) is 51.4 Å². The molecule has 1 aromatic heterocycles. The highest BCUT2D eigenvalue weighted by molar-refractivity contribution is 5.79. The maximum atomic E-state index is 13.2. The summed E-state index contributed by atoms with van der Waals surface area (Å²) in [7, 11) is 0. The zero-order valence-electron chi connectivity index (χ0n) is 19.1. The molecule has 1 aliphatic rings. The van der Waals surface area contributed by atoms with Gasteiger partial charge in [-0.3, -0.25) is 4.79 Å². The van der Waals surface area contributed by atoms with Gasteiger partial charge in [-0.1, -0.05) is 18.8 Å². The summed E-state index contributed by atoms with van der Waals surface area (Å²) in [5.41, 5.74) is 2.00. The molecule has 0 bridgehead atoms. The van der Waals surface area contributed by atoms with Gasteiger partial charge in [-0.15, -0.1) is 0 Å². The second-order valence-corrected chi connectivity index (χ2v) is 8.19. The normalized spacial score (nSPS) is 16.1. The number of benzene rings is 1. The van der Waals surface area contributed by atoms with Gasteiger partial charge in [0.1, 0.15) is 5.82 Å². The number of hydrogen-bond donors (Lipinski definition) is 3. The maximum Gasteiger partial charge on any atom is 0.248 e. The predicted molar refractivity (Wildman–Crippen MR) is 127 cm³/mol. The molecule has 1 amide bonds. The fraction of sp³-hybridized carbons (Fsp3) is 0.440. The molecule has 3 N–H and O–H groups in total. The first-order valence-electron chi connectivity index (χ1n) is 11.4. The fourth-order valence-corrected chi connectivity index (χ4v) is 3.53. The molecule has 7 nitrogen and oxygen atoms in total. The molecular formula is C25H28F2N6O. The van der Waals surface area contributed by atoms with Crippen LogP contribution < -0.4 is 16.0 Å². The number of halogens is 2. The number of hydrogen-bond acceptors (Lipinski definition) is 6. The molecule has 0 spiro atoms. The lowest BCUT2D eigenvalue weighted by Crippen LogP contribution is -2.30. The molecule has 1 fully saturated rings. The Bertz CT molecular complexity index is 1090. The van der Waals surface area contributed by atoms with Gasteiger partial charge in [0.2, 0.25) is 17.8 Å². The number of nitriles is 1. The molecular weight excluding hydrogens is 438 g/mol. The molecule has 178 valence electrons. The average molecular weight is 467 g/mol. The van der Waals surface area contributed by atoms with Gasteiger partial charge in [-0.05, 0) is 43.5 Å². The van der Waals surface area contributed by atoms with Crippen LogP contribution in [0.1, 0.15) is 56.6 Å². The molecule has 34 heavy (non-hydrogen) atoms. The molecule has 0 unspecified atom stereocenters. The van der Waals surface area contributed by atoms with Crippen molar-refractivity contribution >= 4 is 23.4 Å². The number of nitrogens with zero attached hydrogens (tertiary/aromatic N) is 3. The number of amides is 1. The Labute approximate surface area is 198 Å². The fourth-order valence-electron chi connectivity index (χ4n) is 3.53. The molecule has 1 atom stereocenters. The van der Waals surface area contributed by atoms with E-state index in [1.54, 1.807) is 30.5 Å². The zero-order chi connectivity index (χ0) is 24.4. The van der Waals surface area contributed by atoms with Gasteiger partial charge in [0, 0.05) is 44.0 Å². The number of anilines is 3. The maximum absolute atomic E-state index is 13.2. The van der Waals surface area contributed by atoms with Crippen molar-refractivity contribution in [1.82, 2.24) is 15.3 Å². The quantitative estimate of drug-likeness (QED) is 0.369. The van der Waals surface area contributed by atoms with Crippen LogP contribution in [0.3, 0.4) is 0 Å². The molecule has 0 saturated heterocycles. The molecule has 1 saturated carbocycles. The Hall–Kier alpha value is -3.72. The molecule has 3 rings (SSSR count). The van der Waals surface area contributed by atoms with Crippen molar-refractivity contribution in [2.24, 2.45) is 5.92 Å². The number of nitrogens with one attached hydrogen (secondary N) is 3. The van der Waals surface area contributed by atoms with E-state index < -0.39 is 11.8 Å². The van der Waals surface area contributed by atoms with E-state index in [4.69, 9.17) is 5.26 Å². The Morgan fingerprint density at radius 2 is 2.06 bits per heavy atom. The third-order valence-corrected chi connectivity index (χ3v) is 5.38. The lowest BCUT2D eigenvalue weighted by Gasteiger charge is -2.11. The van der Waals surface area contributed by atoms with Crippen LogP contribution in [0.4, 0.5) is 26.2 Å². The third-order valence-electron chi connectivity index (χ3n) is 5.38. The minimum Gasteiger partial charge on any atom is -0.369 e. The van der Waals surface area contributed by atoms with Gasteiger partial charge < -0.3 is 16.0 Å². The summed E-state index contributed by atoms with van der Waals surface area (Å²) in [6, 6.07) is 9.07. The number of carbonyl (C=O) groups excluding carboxylic acids is 1. The van der Waals surface area contributed by atoms with Crippen LogP contribution in [0.25, 0.3) is 0 Å². The van der Waals surface area contributed by atoms with Crippen molar-refractivity contribution in [3.05, 3.63) is 41.6 Å². The first kappa shape index (κ1) is 24.9. The first-order chi connectivity index (χ1) is 16.4. The predicted octanol–water partition coefficient (Wildman–Crippen LogP) is 4.60. The highest BCUT2D eigenvalue weighted by Gasteiger charge is 2.42. The number of unbranched alkanes of at least 4 members (excludes halogenated alkanes) is 1. The summed E-state index contributed by atoms with van der Waals surface area (Å²) in [5, 5.41) is 18.0. The van der Waals surface area contributed by atoms with E-state index in [0.717, 1.165) is 18.7 Å². The Morgan fingerprint density at radius 1 is 1.26 bits per heavy atom. The second kappa shape index (κ2) is 11.9. The number of alkyl halides is 2. The summed E-state index contributed by atoms with van der Waals surface area (Å²) in [5.74, 6) is 3.56. The summed E-state index contributed by atoms with van der Waals surface area (Å²) < 4.78 is 26.5. The highest BCUT2D eigenvalue weighted by atomic mass is 19.3. The van der Waals surface area contributed by atoms with Crippen molar-refractivity contribution in [3.63, 3.8) is 0 Å². The summed E-state index contributed by atoms with van der Waals surface area (Å²) in [6.07, 6.45) is 3.39. The van der Waals surface area contributed by atoms with E-state index in [1.165, 1.54) is 0 Å². The van der Waals surface area contributed by atoms with Gasteiger partial charge in [0.25, 0.3) is 0 Å². The summed E-state index contributed by atoms with van der Waals surface area (Å²) in [6.45, 7) is 3.19. The minimum absolute atomic E-state index is 0.213.